The van der Waals surface area contributed by atoms with Crippen molar-refractivity contribution in [3.8, 4) is 5.75 Å². The highest BCUT2D eigenvalue weighted by Gasteiger charge is 2.16. The summed E-state index contributed by atoms with van der Waals surface area (Å²) in [5, 5.41) is 0. The van der Waals surface area contributed by atoms with E-state index in [0.717, 1.165) is 24.2 Å². The second kappa shape index (κ2) is 11.3. The summed E-state index contributed by atoms with van der Waals surface area (Å²) in [6.07, 6.45) is 3.57. The number of carbonyl (C=O) groups excluding carboxylic acids is 2. The standard InChI is InChI=1S/C19H26O5/c1-4-7-11-24-17-10-8-9-15(13-17)12-16(19(21)23-6-3)14-18(20)22-5-2/h8-10,12-13H,4-7,11,14H2,1-3H3. The number of ether oxygens (including phenoxy) is 3. The number of rotatable bonds is 10. The molecule has 5 nitrogen and oxygen atoms in total. The summed E-state index contributed by atoms with van der Waals surface area (Å²) in [6, 6.07) is 7.39. The Morgan fingerprint density at radius 1 is 1.08 bits per heavy atom. The Balaban J connectivity index is 2.92. The van der Waals surface area contributed by atoms with Crippen LogP contribution in [0.25, 0.3) is 6.08 Å². The average molecular weight is 334 g/mol. The second-order valence-electron chi connectivity index (χ2n) is 5.15. The molecule has 0 spiro atoms. The Bertz CT molecular complexity index is 563. The summed E-state index contributed by atoms with van der Waals surface area (Å²) < 4.78 is 15.6. The molecule has 132 valence electrons. The predicted octanol–water partition coefficient (Wildman–Crippen LogP) is 3.77. The van der Waals surface area contributed by atoms with Crippen LogP contribution in [0.15, 0.2) is 29.8 Å². The van der Waals surface area contributed by atoms with Gasteiger partial charge in [0.15, 0.2) is 0 Å². The minimum Gasteiger partial charge on any atom is -0.494 e. The van der Waals surface area contributed by atoms with Crippen LogP contribution in [0.5, 0.6) is 5.75 Å². The molecule has 1 aromatic rings. The van der Waals surface area contributed by atoms with Crippen LogP contribution in [-0.2, 0) is 19.1 Å². The summed E-state index contributed by atoms with van der Waals surface area (Å²) in [6.45, 7) is 6.72. The van der Waals surface area contributed by atoms with Gasteiger partial charge in [0.25, 0.3) is 0 Å². The van der Waals surface area contributed by atoms with E-state index in [-0.39, 0.29) is 25.2 Å². The Hall–Kier alpha value is -2.30. The Morgan fingerprint density at radius 3 is 2.50 bits per heavy atom. The van der Waals surface area contributed by atoms with Crippen LogP contribution in [0.3, 0.4) is 0 Å². The zero-order valence-corrected chi connectivity index (χ0v) is 14.7. The van der Waals surface area contributed by atoms with Crippen molar-refractivity contribution in [1.29, 1.82) is 0 Å². The van der Waals surface area contributed by atoms with E-state index >= 15 is 0 Å². The third-order valence-electron chi connectivity index (χ3n) is 3.14. The van der Waals surface area contributed by atoms with Crippen LogP contribution >= 0.6 is 0 Å². The highest BCUT2D eigenvalue weighted by atomic mass is 16.5. The SMILES string of the molecule is CCCCOc1cccc(C=C(CC(=O)OCC)C(=O)OCC)c1. The highest BCUT2D eigenvalue weighted by molar-refractivity contribution is 5.98. The third-order valence-corrected chi connectivity index (χ3v) is 3.14. The van der Waals surface area contributed by atoms with E-state index in [4.69, 9.17) is 14.2 Å². The number of carbonyl (C=O) groups is 2. The molecule has 0 radical (unpaired) electrons. The van der Waals surface area contributed by atoms with Crippen LogP contribution in [0.1, 0.15) is 45.6 Å². The molecule has 1 aromatic carbocycles. The summed E-state index contributed by atoms with van der Waals surface area (Å²) in [4.78, 5) is 23.8. The van der Waals surface area contributed by atoms with Gasteiger partial charge in [-0.05, 0) is 44.0 Å². The van der Waals surface area contributed by atoms with E-state index in [1.165, 1.54) is 0 Å². The molecule has 0 amide bonds. The minimum absolute atomic E-state index is 0.117. The van der Waals surface area contributed by atoms with Gasteiger partial charge in [-0.1, -0.05) is 25.5 Å². The van der Waals surface area contributed by atoms with E-state index in [9.17, 15) is 9.59 Å². The zero-order chi connectivity index (χ0) is 17.8. The van der Waals surface area contributed by atoms with E-state index in [1.807, 2.05) is 24.3 Å². The Morgan fingerprint density at radius 2 is 1.83 bits per heavy atom. The summed E-state index contributed by atoms with van der Waals surface area (Å²) in [5.74, 6) is -0.230. The molecule has 0 aliphatic carbocycles. The monoisotopic (exact) mass is 334 g/mol. The molecule has 0 bridgehead atoms. The van der Waals surface area contributed by atoms with Crippen molar-refractivity contribution in [2.45, 2.75) is 40.0 Å². The molecule has 5 heteroatoms. The first-order valence-corrected chi connectivity index (χ1v) is 8.36. The first-order chi connectivity index (χ1) is 11.6. The maximum atomic E-state index is 12.1. The maximum absolute atomic E-state index is 12.1. The van der Waals surface area contributed by atoms with Crippen LogP contribution in [0, 0.1) is 0 Å². The zero-order valence-electron chi connectivity index (χ0n) is 14.7. The Kier molecular flexibility index (Phi) is 9.27. The molecule has 24 heavy (non-hydrogen) atoms. The smallest absolute Gasteiger partial charge is 0.334 e. The molecular weight excluding hydrogens is 308 g/mol. The molecule has 0 aliphatic rings. The van der Waals surface area contributed by atoms with Crippen molar-refractivity contribution in [2.75, 3.05) is 19.8 Å². The van der Waals surface area contributed by atoms with Crippen molar-refractivity contribution in [3.63, 3.8) is 0 Å². The van der Waals surface area contributed by atoms with Gasteiger partial charge in [-0.3, -0.25) is 4.79 Å². The topological polar surface area (TPSA) is 61.8 Å². The summed E-state index contributed by atoms with van der Waals surface area (Å²) in [7, 11) is 0. The molecule has 0 heterocycles. The van der Waals surface area contributed by atoms with E-state index in [0.29, 0.717) is 6.61 Å². The first-order valence-electron chi connectivity index (χ1n) is 8.36. The number of hydrogen-bond donors (Lipinski definition) is 0. The van der Waals surface area contributed by atoms with Gasteiger partial charge >= 0.3 is 11.9 Å². The molecular formula is C19H26O5. The van der Waals surface area contributed by atoms with Crippen molar-refractivity contribution in [1.82, 2.24) is 0 Å². The van der Waals surface area contributed by atoms with E-state index in [2.05, 4.69) is 6.92 Å². The predicted molar refractivity (Wildman–Crippen MR) is 92.7 cm³/mol. The van der Waals surface area contributed by atoms with Gasteiger partial charge in [-0.25, -0.2) is 4.79 Å². The number of benzene rings is 1. The molecule has 0 N–H and O–H groups in total. The summed E-state index contributed by atoms with van der Waals surface area (Å²) in [5.41, 5.74) is 1.04. The van der Waals surface area contributed by atoms with Crippen molar-refractivity contribution in [3.05, 3.63) is 35.4 Å². The largest absolute Gasteiger partial charge is 0.494 e. The van der Waals surface area contributed by atoms with Crippen molar-refractivity contribution < 1.29 is 23.8 Å². The quantitative estimate of drug-likeness (QED) is 0.370. The molecule has 0 atom stereocenters. The maximum Gasteiger partial charge on any atom is 0.334 e. The lowest BCUT2D eigenvalue weighted by atomic mass is 10.1. The van der Waals surface area contributed by atoms with Crippen LogP contribution in [0.4, 0.5) is 0 Å². The van der Waals surface area contributed by atoms with E-state index < -0.39 is 11.9 Å². The average Bonchev–Trinajstić information content (AvgIpc) is 2.55. The number of unbranched alkanes of at least 4 members (excludes halogenated alkanes) is 1. The molecule has 0 aromatic heterocycles. The van der Waals surface area contributed by atoms with Crippen LogP contribution in [-0.4, -0.2) is 31.8 Å². The van der Waals surface area contributed by atoms with Gasteiger partial charge in [0.05, 0.1) is 26.2 Å². The molecule has 0 aliphatic heterocycles. The normalized spacial score (nSPS) is 11.0. The lowest BCUT2D eigenvalue weighted by Gasteiger charge is -2.09. The fourth-order valence-corrected chi connectivity index (χ4v) is 2.00. The lowest BCUT2D eigenvalue weighted by molar-refractivity contribution is -0.145. The third kappa shape index (κ3) is 7.31. The van der Waals surface area contributed by atoms with Crippen LogP contribution in [0.2, 0.25) is 0 Å². The van der Waals surface area contributed by atoms with Gasteiger partial charge < -0.3 is 14.2 Å². The van der Waals surface area contributed by atoms with Gasteiger partial charge in [0.1, 0.15) is 5.75 Å². The van der Waals surface area contributed by atoms with E-state index in [1.54, 1.807) is 19.9 Å². The van der Waals surface area contributed by atoms with Crippen molar-refractivity contribution in [2.24, 2.45) is 0 Å². The van der Waals surface area contributed by atoms with Gasteiger partial charge in [-0.15, -0.1) is 0 Å². The lowest BCUT2D eigenvalue weighted by Crippen LogP contribution is -2.13. The first kappa shape index (κ1) is 19.7. The molecule has 0 fully saturated rings. The number of hydrogen-bond acceptors (Lipinski definition) is 5. The fourth-order valence-electron chi connectivity index (χ4n) is 2.00. The second-order valence-corrected chi connectivity index (χ2v) is 5.15. The van der Waals surface area contributed by atoms with Gasteiger partial charge in [0, 0.05) is 5.57 Å². The molecule has 0 unspecified atom stereocenters. The molecule has 1 rings (SSSR count). The Labute approximate surface area is 143 Å². The van der Waals surface area contributed by atoms with Crippen LogP contribution < -0.4 is 4.74 Å². The highest BCUT2D eigenvalue weighted by Crippen LogP contribution is 2.18. The molecule has 0 saturated carbocycles. The van der Waals surface area contributed by atoms with Gasteiger partial charge in [-0.2, -0.15) is 0 Å². The fraction of sp³-hybridized carbons (Fsp3) is 0.474. The minimum atomic E-state index is -0.511. The van der Waals surface area contributed by atoms with Crippen molar-refractivity contribution >= 4 is 18.0 Å². The summed E-state index contributed by atoms with van der Waals surface area (Å²) >= 11 is 0. The van der Waals surface area contributed by atoms with Gasteiger partial charge in [0.2, 0.25) is 0 Å². The molecule has 0 saturated heterocycles. The number of esters is 2.